The van der Waals surface area contributed by atoms with E-state index in [4.69, 9.17) is 20.3 Å². The fraction of sp³-hybridized carbons (Fsp3) is 0.500. The number of hydrogen-bond donors (Lipinski definition) is 5. The van der Waals surface area contributed by atoms with Crippen LogP contribution in [-0.4, -0.2) is 69.9 Å². The Hall–Kier alpha value is -0.700. The summed E-state index contributed by atoms with van der Waals surface area (Å²) in [6.45, 7) is -0.594. The summed E-state index contributed by atoms with van der Waals surface area (Å²) in [7, 11) is -4.72. The summed E-state index contributed by atoms with van der Waals surface area (Å²) >= 11 is 0. The summed E-state index contributed by atoms with van der Waals surface area (Å²) in [6, 6.07) is 0. The zero-order valence-electron chi connectivity index (χ0n) is 14.0. The molecule has 15 heteroatoms. The van der Waals surface area contributed by atoms with Gasteiger partial charge in [0.15, 0.2) is 17.7 Å². The minimum atomic E-state index is -4.72. The summed E-state index contributed by atoms with van der Waals surface area (Å²) in [5.41, 5.74) is 6.25. The molecule has 0 amide bonds. The molecular weight excluding hydrogens is 372 g/mol. The van der Waals surface area contributed by atoms with Crippen LogP contribution in [0.4, 0.5) is 5.82 Å². The molecule has 0 radical (unpaired) electrons. The summed E-state index contributed by atoms with van der Waals surface area (Å²) in [5.74, 6) is 0.142. The van der Waals surface area contributed by atoms with Gasteiger partial charge in [0.1, 0.15) is 30.2 Å². The number of aromatic nitrogens is 4. The maximum Gasteiger partial charge on any atom is 1.00 e. The Morgan fingerprint density at radius 2 is 2.00 bits per heavy atom. The van der Waals surface area contributed by atoms with Gasteiger partial charge in [-0.15, -0.1) is 0 Å². The predicted octanol–water partition coefficient (Wildman–Crippen LogP) is -5.57. The maximum absolute atomic E-state index is 10.7. The second kappa shape index (κ2) is 8.33. The maximum atomic E-state index is 10.7. The van der Waals surface area contributed by atoms with Crippen LogP contribution in [0.25, 0.3) is 11.2 Å². The van der Waals surface area contributed by atoms with Crippen LogP contribution < -0.4 is 35.3 Å². The molecule has 4 atom stereocenters. The average Bonchev–Trinajstić information content (AvgIpc) is 3.01. The first-order valence-corrected chi connectivity index (χ1v) is 7.95. The molecule has 1 aliphatic heterocycles. The quantitative estimate of drug-likeness (QED) is 0.245. The molecule has 25 heavy (non-hydrogen) atoms. The van der Waals surface area contributed by atoms with E-state index in [2.05, 4.69) is 19.5 Å². The molecule has 0 aliphatic carbocycles. The molecule has 2 aromatic rings. The number of nitrogen functional groups attached to an aromatic ring is 1. The number of ether oxygens (including phenoxy) is 1. The number of phosphoric acid groups is 1. The third-order valence-corrected chi connectivity index (χ3v) is 3.89. The Labute approximate surface area is 164 Å². The summed E-state index contributed by atoms with van der Waals surface area (Å²) in [5, 5.41) is 20.1. The van der Waals surface area contributed by atoms with Gasteiger partial charge in [0.25, 0.3) is 0 Å². The molecular formula is C10H17N5NaO8P. The van der Waals surface area contributed by atoms with Gasteiger partial charge >= 0.3 is 37.4 Å². The molecule has 1 saturated heterocycles. The van der Waals surface area contributed by atoms with Gasteiger partial charge < -0.3 is 37.4 Å². The molecule has 4 unspecified atom stereocenters. The zero-order valence-corrected chi connectivity index (χ0v) is 15.9. The third kappa shape index (κ3) is 4.53. The number of nitrogens with zero attached hydrogens (tertiary/aromatic N) is 4. The van der Waals surface area contributed by atoms with E-state index in [-0.39, 0.29) is 47.9 Å². The van der Waals surface area contributed by atoms with Crippen LogP contribution in [0.3, 0.4) is 0 Å². The number of aliphatic hydroxyl groups excluding tert-OH is 2. The molecule has 0 spiro atoms. The van der Waals surface area contributed by atoms with Crippen molar-refractivity contribution in [1.29, 1.82) is 0 Å². The van der Waals surface area contributed by atoms with Crippen LogP contribution >= 0.6 is 7.82 Å². The van der Waals surface area contributed by atoms with Crippen LogP contribution in [0.1, 0.15) is 7.65 Å². The van der Waals surface area contributed by atoms with E-state index >= 15 is 0 Å². The van der Waals surface area contributed by atoms with Crippen molar-refractivity contribution >= 4 is 24.8 Å². The molecule has 0 bridgehead atoms. The van der Waals surface area contributed by atoms with Gasteiger partial charge in [0, 0.05) is 0 Å². The second-order valence-electron chi connectivity index (χ2n) is 4.92. The molecule has 0 saturated carbocycles. The van der Waals surface area contributed by atoms with E-state index in [1.54, 1.807) is 0 Å². The van der Waals surface area contributed by atoms with Crippen LogP contribution in [0.5, 0.6) is 0 Å². The normalized spacial score (nSPS) is 26.2. The number of hydrogen-bond acceptors (Lipinski definition) is 9. The number of fused-ring (bicyclic) bond motifs is 1. The van der Waals surface area contributed by atoms with E-state index in [0.29, 0.717) is 5.52 Å². The van der Waals surface area contributed by atoms with Gasteiger partial charge in [-0.3, -0.25) is 9.09 Å². The van der Waals surface area contributed by atoms with Crippen molar-refractivity contribution in [2.24, 2.45) is 0 Å². The summed E-state index contributed by atoms with van der Waals surface area (Å²) in [6.07, 6.45) is -2.49. The molecule has 1 aliphatic rings. The summed E-state index contributed by atoms with van der Waals surface area (Å²) < 4.78 is 21.8. The Morgan fingerprint density at radius 3 is 2.64 bits per heavy atom. The largest absolute Gasteiger partial charge is 1.00 e. The number of phosphoric ester groups is 1. The van der Waals surface area contributed by atoms with Crippen molar-refractivity contribution in [3.05, 3.63) is 12.7 Å². The van der Waals surface area contributed by atoms with Crippen molar-refractivity contribution in [3.8, 4) is 0 Å². The van der Waals surface area contributed by atoms with Crippen molar-refractivity contribution < 1.29 is 70.3 Å². The average molecular weight is 389 g/mol. The van der Waals surface area contributed by atoms with Crippen molar-refractivity contribution in [3.63, 3.8) is 0 Å². The molecule has 1 fully saturated rings. The topological polar surface area (TPSA) is 218 Å². The van der Waals surface area contributed by atoms with Gasteiger partial charge in [-0.05, 0) is 0 Å². The van der Waals surface area contributed by atoms with Crippen LogP contribution in [0.15, 0.2) is 12.7 Å². The molecule has 0 aromatic carbocycles. The first kappa shape index (κ1) is 22.3. The van der Waals surface area contributed by atoms with Gasteiger partial charge in [0.05, 0.1) is 12.9 Å². The molecule has 3 rings (SSSR count). The van der Waals surface area contributed by atoms with Crippen molar-refractivity contribution in [2.45, 2.75) is 24.5 Å². The Morgan fingerprint density at radius 1 is 1.32 bits per heavy atom. The van der Waals surface area contributed by atoms with Gasteiger partial charge in [-0.1, -0.05) is 0 Å². The van der Waals surface area contributed by atoms with Crippen molar-refractivity contribution in [1.82, 2.24) is 19.5 Å². The SMILES string of the molecule is Nc1ncnc2c1ncn2C1OC(COP(=O)(O)O)C(O)C1O.O.[H-].[Na+]. The van der Waals surface area contributed by atoms with E-state index < -0.39 is 39.0 Å². The first-order chi connectivity index (χ1) is 10.8. The standard InChI is InChI=1S/C10H14N5O7P.Na.H2O.H/c11-8-5-9(13-2-12-8)15(3-14-5)10-7(17)6(16)4(22-10)1-21-23(18,19)20;;;/h2-4,6-7,10,16-17H,1H2,(H2,11,12,13)(H2,18,19,20);;1H2;/q;+1;;-1. The molecule has 13 nitrogen and oxygen atoms in total. The molecule has 8 N–H and O–H groups in total. The smallest absolute Gasteiger partial charge is 1.00 e. The fourth-order valence-electron chi connectivity index (χ4n) is 2.32. The third-order valence-electron chi connectivity index (χ3n) is 3.41. The van der Waals surface area contributed by atoms with E-state index in [9.17, 15) is 14.8 Å². The second-order valence-corrected chi connectivity index (χ2v) is 6.15. The van der Waals surface area contributed by atoms with Crippen LogP contribution in [0.2, 0.25) is 0 Å². The zero-order chi connectivity index (χ0) is 16.8. The Balaban J connectivity index is 0.00000208. The molecule has 136 valence electrons. The predicted molar refractivity (Wildman–Crippen MR) is 78.4 cm³/mol. The van der Waals surface area contributed by atoms with Gasteiger partial charge in [-0.25, -0.2) is 19.5 Å². The van der Waals surface area contributed by atoms with Crippen LogP contribution in [-0.2, 0) is 13.8 Å². The number of imidazole rings is 1. The van der Waals surface area contributed by atoms with E-state index in [1.165, 1.54) is 17.2 Å². The van der Waals surface area contributed by atoms with E-state index in [1.807, 2.05) is 0 Å². The molecule has 2 aromatic heterocycles. The first-order valence-electron chi connectivity index (χ1n) is 6.42. The van der Waals surface area contributed by atoms with Gasteiger partial charge in [0.2, 0.25) is 0 Å². The summed E-state index contributed by atoms with van der Waals surface area (Å²) in [4.78, 5) is 29.2. The van der Waals surface area contributed by atoms with Crippen LogP contribution in [0, 0.1) is 0 Å². The monoisotopic (exact) mass is 389 g/mol. The minimum absolute atomic E-state index is 0. The Bertz CT molecular complexity index is 777. The van der Waals surface area contributed by atoms with Gasteiger partial charge in [-0.2, -0.15) is 0 Å². The van der Waals surface area contributed by atoms with E-state index in [0.717, 1.165) is 0 Å². The fourth-order valence-corrected chi connectivity index (χ4v) is 2.66. The Kier molecular flexibility index (Phi) is 7.44. The number of rotatable bonds is 4. The number of aliphatic hydroxyl groups is 2. The number of anilines is 1. The van der Waals surface area contributed by atoms with Crippen molar-refractivity contribution in [2.75, 3.05) is 12.3 Å². The number of nitrogens with two attached hydrogens (primary N) is 1. The minimum Gasteiger partial charge on any atom is -1.00 e. The molecule has 3 heterocycles.